The molecular weight excluding hydrogens is 320 g/mol. The summed E-state index contributed by atoms with van der Waals surface area (Å²) in [5.41, 5.74) is 1.29. The van der Waals surface area contributed by atoms with Gasteiger partial charge in [-0.3, -0.25) is 4.79 Å². The number of hydrogen-bond acceptors (Lipinski definition) is 3. The highest BCUT2D eigenvalue weighted by atomic mass is 16.5. The molecule has 2 aliphatic rings. The van der Waals surface area contributed by atoms with Crippen molar-refractivity contribution in [2.45, 2.75) is 39.7 Å². The molecule has 3 rings (SSSR count). The number of likely N-dealkylation sites (tertiary alicyclic amines) is 1. The standard InChI is InChI=1S/C19H26N2O4/c1-3-25-16-9-13(2)6-7-14(16)10-20-18(24)21-11-15-5-4-8-19(15,12-21)17(22)23/h6-7,9,15H,3-5,8,10-12H2,1-2H3,(H,20,24)(H,22,23)/t15-,19+/m0/s1. The fraction of sp³-hybridized carbons (Fsp3) is 0.579. The van der Waals surface area contributed by atoms with Crippen LogP contribution < -0.4 is 10.1 Å². The Morgan fingerprint density at radius 1 is 1.44 bits per heavy atom. The lowest BCUT2D eigenvalue weighted by Gasteiger charge is -2.23. The number of nitrogens with zero attached hydrogens (tertiary/aromatic N) is 1. The lowest BCUT2D eigenvalue weighted by atomic mass is 9.81. The predicted octanol–water partition coefficient (Wildman–Crippen LogP) is 2.79. The summed E-state index contributed by atoms with van der Waals surface area (Å²) in [6.07, 6.45) is 2.50. The molecule has 2 fully saturated rings. The molecule has 0 aromatic heterocycles. The Labute approximate surface area is 148 Å². The lowest BCUT2D eigenvalue weighted by Crippen LogP contribution is -2.41. The van der Waals surface area contributed by atoms with Crippen LogP contribution >= 0.6 is 0 Å². The van der Waals surface area contributed by atoms with Gasteiger partial charge in [0.05, 0.1) is 12.0 Å². The summed E-state index contributed by atoms with van der Waals surface area (Å²) in [6.45, 7) is 5.71. The number of aliphatic carboxylic acids is 1. The van der Waals surface area contributed by atoms with Gasteiger partial charge in [-0.2, -0.15) is 0 Å². The van der Waals surface area contributed by atoms with Crippen molar-refractivity contribution in [2.24, 2.45) is 11.3 Å². The van der Waals surface area contributed by atoms with Crippen LogP contribution in [0.2, 0.25) is 0 Å². The van der Waals surface area contributed by atoms with E-state index in [4.69, 9.17) is 4.74 Å². The summed E-state index contributed by atoms with van der Waals surface area (Å²) in [6, 6.07) is 5.71. The second-order valence-corrected chi connectivity index (χ2v) is 7.13. The third kappa shape index (κ3) is 3.30. The zero-order valence-electron chi connectivity index (χ0n) is 14.9. The summed E-state index contributed by atoms with van der Waals surface area (Å²) in [5, 5.41) is 12.5. The van der Waals surface area contributed by atoms with Crippen LogP contribution in [0.15, 0.2) is 18.2 Å². The maximum absolute atomic E-state index is 12.5. The van der Waals surface area contributed by atoms with Crippen molar-refractivity contribution in [1.82, 2.24) is 10.2 Å². The second-order valence-electron chi connectivity index (χ2n) is 7.13. The van der Waals surface area contributed by atoms with Crippen LogP contribution in [0.4, 0.5) is 4.79 Å². The molecule has 0 spiro atoms. The molecule has 136 valence electrons. The summed E-state index contributed by atoms with van der Waals surface area (Å²) >= 11 is 0. The number of urea groups is 1. The third-order valence-electron chi connectivity index (χ3n) is 5.54. The Kier molecular flexibility index (Phi) is 4.88. The molecule has 2 atom stereocenters. The number of benzene rings is 1. The molecule has 0 unspecified atom stereocenters. The topological polar surface area (TPSA) is 78.9 Å². The maximum Gasteiger partial charge on any atom is 0.317 e. The largest absolute Gasteiger partial charge is 0.494 e. The van der Waals surface area contributed by atoms with Crippen LogP contribution in [0.3, 0.4) is 0 Å². The summed E-state index contributed by atoms with van der Waals surface area (Å²) < 4.78 is 5.64. The minimum absolute atomic E-state index is 0.0779. The maximum atomic E-state index is 12.5. The number of carbonyl (C=O) groups excluding carboxylic acids is 1. The molecule has 1 aliphatic carbocycles. The van der Waals surface area contributed by atoms with Crippen LogP contribution in [0.5, 0.6) is 5.75 Å². The average Bonchev–Trinajstić information content (AvgIpc) is 3.12. The summed E-state index contributed by atoms with van der Waals surface area (Å²) in [5.74, 6) is 0.0969. The molecule has 1 saturated carbocycles. The highest BCUT2D eigenvalue weighted by Gasteiger charge is 2.55. The Bertz CT molecular complexity index is 675. The van der Waals surface area contributed by atoms with E-state index in [9.17, 15) is 14.7 Å². The van der Waals surface area contributed by atoms with Crippen molar-refractivity contribution in [3.63, 3.8) is 0 Å². The molecule has 1 heterocycles. The van der Waals surface area contributed by atoms with Crippen molar-refractivity contribution in [3.05, 3.63) is 29.3 Å². The van der Waals surface area contributed by atoms with Crippen LogP contribution in [-0.4, -0.2) is 41.7 Å². The Morgan fingerprint density at radius 3 is 2.92 bits per heavy atom. The van der Waals surface area contributed by atoms with Gasteiger partial charge >= 0.3 is 12.0 Å². The second kappa shape index (κ2) is 6.94. The van der Waals surface area contributed by atoms with Gasteiger partial charge in [0.2, 0.25) is 0 Å². The number of carboxylic acids is 1. The number of fused-ring (bicyclic) bond motifs is 1. The van der Waals surface area contributed by atoms with E-state index in [-0.39, 0.29) is 11.9 Å². The number of hydrogen-bond donors (Lipinski definition) is 2. The fourth-order valence-corrected chi connectivity index (χ4v) is 4.17. The molecule has 0 radical (unpaired) electrons. The van der Waals surface area contributed by atoms with Crippen LogP contribution in [0.25, 0.3) is 0 Å². The van der Waals surface area contributed by atoms with Crippen LogP contribution in [0.1, 0.15) is 37.3 Å². The van der Waals surface area contributed by atoms with E-state index in [1.165, 1.54) is 0 Å². The number of nitrogens with one attached hydrogen (secondary N) is 1. The normalized spacial score (nSPS) is 24.9. The number of rotatable bonds is 5. The molecule has 2 N–H and O–H groups in total. The van der Waals surface area contributed by atoms with Crippen LogP contribution in [-0.2, 0) is 11.3 Å². The number of carboxylic acid groups (broad SMARTS) is 1. The van der Waals surface area contributed by atoms with Gasteiger partial charge in [0.1, 0.15) is 5.75 Å². The van der Waals surface area contributed by atoms with Gasteiger partial charge in [-0.05, 0) is 44.2 Å². The van der Waals surface area contributed by atoms with Crippen molar-refractivity contribution in [1.29, 1.82) is 0 Å². The number of ether oxygens (including phenoxy) is 1. The van der Waals surface area contributed by atoms with Crippen molar-refractivity contribution >= 4 is 12.0 Å². The summed E-state index contributed by atoms with van der Waals surface area (Å²) in [7, 11) is 0. The van der Waals surface area contributed by atoms with E-state index >= 15 is 0 Å². The molecule has 25 heavy (non-hydrogen) atoms. The number of carbonyl (C=O) groups is 2. The first-order valence-corrected chi connectivity index (χ1v) is 8.95. The monoisotopic (exact) mass is 346 g/mol. The van der Waals surface area contributed by atoms with Gasteiger partial charge in [-0.1, -0.05) is 18.6 Å². The number of amides is 2. The van der Waals surface area contributed by atoms with Gasteiger partial charge in [0.15, 0.2) is 0 Å². The molecule has 6 nitrogen and oxygen atoms in total. The molecule has 1 saturated heterocycles. The van der Waals surface area contributed by atoms with E-state index in [1.807, 2.05) is 32.0 Å². The average molecular weight is 346 g/mol. The van der Waals surface area contributed by atoms with E-state index in [0.717, 1.165) is 29.7 Å². The first-order valence-electron chi connectivity index (χ1n) is 8.95. The highest BCUT2D eigenvalue weighted by Crippen LogP contribution is 2.48. The first kappa shape index (κ1) is 17.6. The molecule has 1 aliphatic heterocycles. The minimum Gasteiger partial charge on any atom is -0.494 e. The van der Waals surface area contributed by atoms with Gasteiger partial charge < -0.3 is 20.1 Å². The van der Waals surface area contributed by atoms with Crippen LogP contribution in [0, 0.1) is 18.3 Å². The van der Waals surface area contributed by atoms with Crippen molar-refractivity contribution < 1.29 is 19.4 Å². The molecule has 6 heteroatoms. The molecule has 1 aromatic carbocycles. The minimum atomic E-state index is -0.762. The van der Waals surface area contributed by atoms with Crippen molar-refractivity contribution in [3.8, 4) is 5.75 Å². The number of aryl methyl sites for hydroxylation is 1. The first-order chi connectivity index (χ1) is 12.0. The Balaban J connectivity index is 1.64. The highest BCUT2D eigenvalue weighted by molar-refractivity contribution is 5.80. The Morgan fingerprint density at radius 2 is 2.24 bits per heavy atom. The van der Waals surface area contributed by atoms with E-state index < -0.39 is 11.4 Å². The van der Waals surface area contributed by atoms with Gasteiger partial charge in [0, 0.05) is 25.2 Å². The summed E-state index contributed by atoms with van der Waals surface area (Å²) in [4.78, 5) is 25.9. The third-order valence-corrected chi connectivity index (χ3v) is 5.54. The van der Waals surface area contributed by atoms with Gasteiger partial charge in [0.25, 0.3) is 0 Å². The van der Waals surface area contributed by atoms with E-state index in [2.05, 4.69) is 5.32 Å². The zero-order valence-corrected chi connectivity index (χ0v) is 14.9. The van der Waals surface area contributed by atoms with E-state index in [1.54, 1.807) is 4.90 Å². The quantitative estimate of drug-likeness (QED) is 0.859. The zero-order chi connectivity index (χ0) is 18.0. The van der Waals surface area contributed by atoms with Gasteiger partial charge in [-0.15, -0.1) is 0 Å². The molecular formula is C19H26N2O4. The lowest BCUT2D eigenvalue weighted by molar-refractivity contribution is -0.149. The fourth-order valence-electron chi connectivity index (χ4n) is 4.17. The SMILES string of the molecule is CCOc1cc(C)ccc1CNC(=O)N1C[C@@H]2CCC[C@@]2(C(=O)O)C1. The van der Waals surface area contributed by atoms with Crippen molar-refractivity contribution in [2.75, 3.05) is 19.7 Å². The Hall–Kier alpha value is -2.24. The molecule has 1 aromatic rings. The smallest absolute Gasteiger partial charge is 0.317 e. The molecule has 0 bridgehead atoms. The van der Waals surface area contributed by atoms with E-state index in [0.29, 0.717) is 32.7 Å². The predicted molar refractivity (Wildman–Crippen MR) is 93.6 cm³/mol. The molecule has 2 amide bonds. The van der Waals surface area contributed by atoms with Gasteiger partial charge in [-0.25, -0.2) is 4.79 Å².